The molecule has 2 radical (unpaired) electrons. The van der Waals surface area contributed by atoms with Crippen molar-refractivity contribution in [2.45, 2.75) is 26.3 Å². The van der Waals surface area contributed by atoms with E-state index in [0.29, 0.717) is 16.9 Å². The quantitative estimate of drug-likeness (QED) is 0.739. The van der Waals surface area contributed by atoms with Crippen LogP contribution < -0.4 is 11.2 Å². The number of fused-ring (bicyclic) bond motifs is 1. The van der Waals surface area contributed by atoms with Crippen molar-refractivity contribution >= 4 is 30.2 Å². The third-order valence-corrected chi connectivity index (χ3v) is 3.78. The Kier molecular flexibility index (Phi) is 3.51. The van der Waals surface area contributed by atoms with Crippen LogP contribution in [0, 0.1) is 0 Å². The van der Waals surface area contributed by atoms with E-state index in [1.165, 1.54) is 0 Å². The van der Waals surface area contributed by atoms with Crippen molar-refractivity contribution in [1.82, 2.24) is 9.55 Å². The van der Waals surface area contributed by atoms with Gasteiger partial charge in [-0.2, -0.15) is 0 Å². The number of hydrogen-bond acceptors (Lipinski definition) is 2. The number of rotatable bonds is 2. The fourth-order valence-electron chi connectivity index (χ4n) is 2.85. The van der Waals surface area contributed by atoms with Crippen molar-refractivity contribution in [2.24, 2.45) is 5.73 Å². The second kappa shape index (κ2) is 5.27. The van der Waals surface area contributed by atoms with Crippen LogP contribution in [-0.4, -0.2) is 23.3 Å². The van der Waals surface area contributed by atoms with Gasteiger partial charge in [0.1, 0.15) is 13.7 Å². The largest absolute Gasteiger partial charge is 0.366 e. The van der Waals surface area contributed by atoms with E-state index in [4.69, 9.17) is 18.6 Å². The molecule has 0 aliphatic heterocycles. The molecular weight excluding hydrogens is 285 g/mol. The number of nitrogens with two attached hydrogens (primary N) is 1. The summed E-state index contributed by atoms with van der Waals surface area (Å²) in [6.45, 7) is 6.29. The van der Waals surface area contributed by atoms with Gasteiger partial charge in [-0.15, -0.1) is 0 Å². The molecule has 4 nitrogen and oxygen atoms in total. The van der Waals surface area contributed by atoms with E-state index < -0.39 is 5.91 Å². The second-order valence-electron chi connectivity index (χ2n) is 6.60. The van der Waals surface area contributed by atoms with E-state index >= 15 is 0 Å². The fourth-order valence-corrected chi connectivity index (χ4v) is 2.85. The van der Waals surface area contributed by atoms with Crippen molar-refractivity contribution in [3.8, 4) is 11.4 Å². The molecule has 0 atom stereocenters. The molecule has 5 heteroatoms. The Balaban J connectivity index is 2.40. The van der Waals surface area contributed by atoms with Gasteiger partial charge in [0.25, 0.3) is 0 Å². The highest BCUT2D eigenvalue weighted by atomic mass is 16.1. The van der Waals surface area contributed by atoms with Gasteiger partial charge in [-0.05, 0) is 39.0 Å². The van der Waals surface area contributed by atoms with Crippen LogP contribution in [0.5, 0.6) is 0 Å². The summed E-state index contributed by atoms with van der Waals surface area (Å²) in [7, 11) is 5.89. The maximum atomic E-state index is 11.8. The summed E-state index contributed by atoms with van der Waals surface area (Å²) >= 11 is 0. The predicted molar refractivity (Wildman–Crippen MR) is 94.1 cm³/mol. The van der Waals surface area contributed by atoms with Gasteiger partial charge in [0.05, 0.1) is 16.6 Å². The molecule has 2 aromatic carbocycles. The van der Waals surface area contributed by atoms with Crippen molar-refractivity contribution in [2.75, 3.05) is 0 Å². The van der Waals surface area contributed by atoms with Crippen LogP contribution in [0.1, 0.15) is 31.1 Å². The summed E-state index contributed by atoms with van der Waals surface area (Å²) in [5.74, 6) is 0.250. The van der Waals surface area contributed by atoms with Crippen molar-refractivity contribution in [3.05, 3.63) is 48.0 Å². The lowest BCUT2D eigenvalue weighted by atomic mass is 9.96. The van der Waals surface area contributed by atoms with Gasteiger partial charge in [0, 0.05) is 11.1 Å². The summed E-state index contributed by atoms with van der Waals surface area (Å²) in [6, 6.07) is 12.9. The normalized spacial score (nSPS) is 11.8. The summed E-state index contributed by atoms with van der Waals surface area (Å²) in [4.78, 5) is 16.5. The molecule has 23 heavy (non-hydrogen) atoms. The Hall–Kier alpha value is -2.56. The minimum atomic E-state index is -0.465. The van der Waals surface area contributed by atoms with Crippen LogP contribution >= 0.6 is 0 Å². The van der Waals surface area contributed by atoms with Gasteiger partial charge in [-0.25, -0.2) is 4.98 Å². The van der Waals surface area contributed by atoms with Crippen molar-refractivity contribution in [3.63, 3.8) is 0 Å². The maximum Gasteiger partial charge on any atom is 0.249 e. The number of amides is 1. The summed E-state index contributed by atoms with van der Waals surface area (Å²) < 4.78 is 2.11. The van der Waals surface area contributed by atoms with Gasteiger partial charge >= 0.3 is 0 Å². The molecule has 114 valence electrons. The smallest absolute Gasteiger partial charge is 0.249 e. The molecule has 1 amide bonds. The number of carbonyl (C=O) groups excluding carboxylic acids is 1. The zero-order chi connectivity index (χ0) is 16.8. The number of nitrogens with zero attached hydrogens (tertiary/aromatic N) is 2. The Bertz CT molecular complexity index is 906. The zero-order valence-electron chi connectivity index (χ0n) is 13.5. The minimum Gasteiger partial charge on any atom is -0.366 e. The van der Waals surface area contributed by atoms with Gasteiger partial charge in [-0.3, -0.25) is 4.79 Å². The molecule has 0 bridgehead atoms. The van der Waals surface area contributed by atoms with Gasteiger partial charge in [0.15, 0.2) is 0 Å². The number of imidazole rings is 1. The van der Waals surface area contributed by atoms with Gasteiger partial charge in [-0.1, -0.05) is 29.7 Å². The Morgan fingerprint density at radius 1 is 1.17 bits per heavy atom. The first kappa shape index (κ1) is 15.3. The Morgan fingerprint density at radius 3 is 2.52 bits per heavy atom. The Labute approximate surface area is 136 Å². The lowest BCUT2D eigenvalue weighted by molar-refractivity contribution is 0.100. The molecule has 1 aromatic heterocycles. The lowest BCUT2D eigenvalue weighted by Crippen LogP contribution is -2.23. The minimum absolute atomic E-state index is 0.217. The topological polar surface area (TPSA) is 60.9 Å². The van der Waals surface area contributed by atoms with E-state index in [0.717, 1.165) is 16.6 Å². The molecule has 3 aromatic rings. The summed E-state index contributed by atoms with van der Waals surface area (Å²) in [5, 5.41) is 0. The average molecular weight is 303 g/mol. The van der Waals surface area contributed by atoms with Crippen molar-refractivity contribution in [1.29, 1.82) is 0 Å². The molecule has 2 N–H and O–H groups in total. The zero-order valence-corrected chi connectivity index (χ0v) is 13.5. The second-order valence-corrected chi connectivity index (χ2v) is 6.60. The molecule has 3 rings (SSSR count). The van der Waals surface area contributed by atoms with Crippen molar-refractivity contribution < 1.29 is 4.79 Å². The average Bonchev–Trinajstić information content (AvgIpc) is 2.85. The van der Waals surface area contributed by atoms with Gasteiger partial charge in [0.2, 0.25) is 5.91 Å². The van der Waals surface area contributed by atoms with Crippen LogP contribution in [0.15, 0.2) is 42.5 Å². The molecule has 0 saturated carbocycles. The molecule has 0 aliphatic carbocycles. The lowest BCUT2D eigenvalue weighted by Gasteiger charge is -2.25. The van der Waals surface area contributed by atoms with Crippen LogP contribution in [-0.2, 0) is 5.54 Å². The van der Waals surface area contributed by atoms with E-state index in [9.17, 15) is 4.79 Å². The first-order valence-corrected chi connectivity index (χ1v) is 7.46. The molecule has 0 saturated heterocycles. The van der Waals surface area contributed by atoms with E-state index in [2.05, 4.69) is 25.3 Å². The third-order valence-electron chi connectivity index (χ3n) is 3.78. The molecule has 1 heterocycles. The third kappa shape index (κ3) is 2.63. The van der Waals surface area contributed by atoms with Crippen LogP contribution in [0.2, 0.25) is 0 Å². The fraction of sp³-hybridized carbons (Fsp3) is 0.222. The first-order valence-electron chi connectivity index (χ1n) is 7.46. The van der Waals surface area contributed by atoms with E-state index in [1.807, 2.05) is 30.3 Å². The monoisotopic (exact) mass is 303 g/mol. The van der Waals surface area contributed by atoms with Crippen LogP contribution in [0.3, 0.4) is 0 Å². The molecule has 0 aliphatic rings. The molecule has 0 unspecified atom stereocenters. The number of benzene rings is 2. The van der Waals surface area contributed by atoms with E-state index in [1.54, 1.807) is 12.1 Å². The maximum absolute atomic E-state index is 11.8. The molecular formula is C18H18BN3O. The highest BCUT2D eigenvalue weighted by Gasteiger charge is 2.24. The predicted octanol–water partition coefficient (Wildman–Crippen LogP) is 2.35. The Morgan fingerprint density at radius 2 is 1.87 bits per heavy atom. The van der Waals surface area contributed by atoms with E-state index in [-0.39, 0.29) is 5.54 Å². The summed E-state index contributed by atoms with van der Waals surface area (Å²) in [6.07, 6.45) is 0. The number of hydrogen-bond donors (Lipinski definition) is 1. The summed E-state index contributed by atoms with van der Waals surface area (Å²) in [5.41, 5.74) is 8.93. The highest BCUT2D eigenvalue weighted by molar-refractivity contribution is 6.33. The standard InChI is InChI=1S/C18H18BN3O/c1-18(2,3)22-15-9-8-11(19)10-14(15)21-17(22)13-7-5-4-6-12(13)16(20)23/h4-10H,1-3H3,(H2,20,23). The first-order chi connectivity index (χ1) is 10.8. The highest BCUT2D eigenvalue weighted by Crippen LogP contribution is 2.32. The number of primary amides is 1. The SMILES string of the molecule is [B]c1ccc2c(c1)nc(-c1ccccc1C(N)=O)n2C(C)(C)C. The molecule has 0 fully saturated rings. The van der Waals surface area contributed by atoms with Crippen LogP contribution in [0.25, 0.3) is 22.4 Å². The molecule has 0 spiro atoms. The number of aromatic nitrogens is 2. The van der Waals surface area contributed by atoms with Gasteiger partial charge < -0.3 is 10.3 Å². The van der Waals surface area contributed by atoms with Crippen LogP contribution in [0.4, 0.5) is 0 Å². The number of carbonyl (C=O) groups is 1.